The Morgan fingerprint density at radius 2 is 1.80 bits per heavy atom. The molecule has 1 saturated heterocycles. The van der Waals surface area contributed by atoms with Crippen molar-refractivity contribution >= 4 is 6.08 Å². The molecule has 3 aliphatic rings. The van der Waals surface area contributed by atoms with Crippen LogP contribution in [0.4, 0.5) is 0 Å². The molecular weight excluding hydrogens is 370 g/mol. The molecule has 4 nitrogen and oxygen atoms in total. The molecule has 0 spiro atoms. The highest BCUT2D eigenvalue weighted by molar-refractivity contribution is 5.46. The van der Waals surface area contributed by atoms with Gasteiger partial charge in [-0.3, -0.25) is 0 Å². The topological polar surface area (TPSA) is 30.3 Å². The first-order valence-electron chi connectivity index (χ1n) is 11.9. The molecule has 2 aliphatic heterocycles. The van der Waals surface area contributed by atoms with Crippen molar-refractivity contribution in [3.8, 4) is 0 Å². The first kappa shape index (κ1) is 20.0. The van der Waals surface area contributed by atoms with E-state index in [4.69, 9.17) is 9.72 Å². The van der Waals surface area contributed by atoms with Crippen molar-refractivity contribution in [2.75, 3.05) is 20.1 Å². The highest BCUT2D eigenvalue weighted by Crippen LogP contribution is 2.35. The van der Waals surface area contributed by atoms with Gasteiger partial charge in [0.05, 0.1) is 11.8 Å². The first-order valence-corrected chi connectivity index (χ1v) is 11.9. The van der Waals surface area contributed by atoms with Gasteiger partial charge in [-0.2, -0.15) is 0 Å². The largest absolute Gasteiger partial charge is 0.362 e. The number of imidazole rings is 1. The zero-order valence-electron chi connectivity index (χ0n) is 18.3. The molecule has 0 radical (unpaired) electrons. The zero-order valence-corrected chi connectivity index (χ0v) is 18.3. The Hall–Kier alpha value is -1.91. The number of fused-ring (bicyclic) bond motifs is 2. The summed E-state index contributed by atoms with van der Waals surface area (Å²) < 4.78 is 9.13. The smallest absolute Gasteiger partial charge is 0.143 e. The van der Waals surface area contributed by atoms with Crippen LogP contribution in [0.3, 0.4) is 0 Å². The van der Waals surface area contributed by atoms with Crippen LogP contribution in [0, 0.1) is 5.92 Å². The van der Waals surface area contributed by atoms with E-state index in [1.54, 1.807) is 0 Å². The molecule has 1 aromatic carbocycles. The van der Waals surface area contributed by atoms with E-state index >= 15 is 0 Å². The van der Waals surface area contributed by atoms with Crippen LogP contribution in [0.1, 0.15) is 73.7 Å². The van der Waals surface area contributed by atoms with Crippen molar-refractivity contribution < 1.29 is 4.74 Å². The van der Waals surface area contributed by atoms with Crippen molar-refractivity contribution in [1.29, 1.82) is 0 Å². The molecule has 5 rings (SSSR count). The third-order valence-corrected chi connectivity index (χ3v) is 7.20. The number of ether oxygens (including phenoxy) is 1. The third kappa shape index (κ3) is 4.40. The first-order chi connectivity index (χ1) is 14.8. The van der Waals surface area contributed by atoms with Crippen molar-refractivity contribution in [2.45, 2.75) is 70.1 Å². The average molecular weight is 406 g/mol. The van der Waals surface area contributed by atoms with Gasteiger partial charge in [0.1, 0.15) is 11.9 Å². The maximum Gasteiger partial charge on any atom is 0.143 e. The summed E-state index contributed by atoms with van der Waals surface area (Å²) in [6.07, 6.45) is 17.2. The molecular formula is C26H35N3O. The summed E-state index contributed by atoms with van der Waals surface area (Å²) in [4.78, 5) is 7.50. The van der Waals surface area contributed by atoms with Gasteiger partial charge in [-0.1, -0.05) is 49.6 Å². The molecule has 1 aliphatic carbocycles. The SMILES string of the molecule is CN1CCC(OC2c3ccccc3CCn3cc(C=CC4CCCCC4)nc32)CC1. The van der Waals surface area contributed by atoms with Gasteiger partial charge in [-0.25, -0.2) is 4.98 Å². The quantitative estimate of drug-likeness (QED) is 0.697. The Balaban J connectivity index is 1.42. The lowest BCUT2D eigenvalue weighted by molar-refractivity contribution is -0.0275. The number of aryl methyl sites for hydroxylation is 2. The number of aromatic nitrogens is 2. The molecule has 160 valence electrons. The summed E-state index contributed by atoms with van der Waals surface area (Å²) in [6.45, 7) is 3.20. The number of likely N-dealkylation sites (tertiary alicyclic amines) is 1. The lowest BCUT2D eigenvalue weighted by atomic mass is 9.89. The predicted octanol–water partition coefficient (Wildman–Crippen LogP) is 5.23. The lowest BCUT2D eigenvalue weighted by Crippen LogP contribution is -2.35. The molecule has 2 aromatic rings. The van der Waals surface area contributed by atoms with Gasteiger partial charge in [-0.15, -0.1) is 0 Å². The Morgan fingerprint density at radius 1 is 1.00 bits per heavy atom. The summed E-state index contributed by atoms with van der Waals surface area (Å²) >= 11 is 0. The third-order valence-electron chi connectivity index (χ3n) is 7.20. The summed E-state index contributed by atoms with van der Waals surface area (Å²) in [5, 5.41) is 0. The van der Waals surface area contributed by atoms with Gasteiger partial charge < -0.3 is 14.2 Å². The van der Waals surface area contributed by atoms with Crippen LogP contribution in [0.25, 0.3) is 6.08 Å². The van der Waals surface area contributed by atoms with Gasteiger partial charge in [0.25, 0.3) is 0 Å². The molecule has 0 amide bonds. The fourth-order valence-corrected chi connectivity index (χ4v) is 5.33. The minimum absolute atomic E-state index is 0.0612. The maximum absolute atomic E-state index is 6.79. The summed E-state index contributed by atoms with van der Waals surface area (Å²) in [7, 11) is 2.20. The van der Waals surface area contributed by atoms with E-state index in [2.05, 4.69) is 59.1 Å². The minimum atomic E-state index is -0.0612. The second kappa shape index (κ2) is 9.07. The molecule has 4 heteroatoms. The van der Waals surface area contributed by atoms with Gasteiger partial charge in [0, 0.05) is 25.8 Å². The van der Waals surface area contributed by atoms with E-state index in [1.807, 2.05) is 0 Å². The Kier molecular flexibility index (Phi) is 6.05. The molecule has 1 saturated carbocycles. The number of piperidine rings is 1. The van der Waals surface area contributed by atoms with Crippen molar-refractivity contribution in [1.82, 2.24) is 14.5 Å². The van der Waals surface area contributed by atoms with Gasteiger partial charge in [0.2, 0.25) is 0 Å². The van der Waals surface area contributed by atoms with Gasteiger partial charge in [-0.05, 0) is 62.3 Å². The number of hydrogen-bond donors (Lipinski definition) is 0. The Labute approximate surface area is 180 Å². The van der Waals surface area contributed by atoms with E-state index in [1.165, 1.54) is 43.2 Å². The van der Waals surface area contributed by atoms with E-state index in [0.29, 0.717) is 6.10 Å². The van der Waals surface area contributed by atoms with Crippen molar-refractivity contribution in [3.63, 3.8) is 0 Å². The van der Waals surface area contributed by atoms with E-state index in [0.717, 1.165) is 56.3 Å². The van der Waals surface area contributed by atoms with Gasteiger partial charge >= 0.3 is 0 Å². The number of rotatable bonds is 4. The summed E-state index contributed by atoms with van der Waals surface area (Å²) in [5.41, 5.74) is 3.80. The molecule has 0 N–H and O–H groups in total. The summed E-state index contributed by atoms with van der Waals surface area (Å²) in [5.74, 6) is 1.81. The highest BCUT2D eigenvalue weighted by Gasteiger charge is 2.30. The number of allylic oxidation sites excluding steroid dienone is 1. The fourth-order valence-electron chi connectivity index (χ4n) is 5.33. The van der Waals surface area contributed by atoms with E-state index < -0.39 is 0 Å². The molecule has 30 heavy (non-hydrogen) atoms. The van der Waals surface area contributed by atoms with Crippen molar-refractivity contribution in [2.24, 2.45) is 5.92 Å². The Bertz CT molecular complexity index is 872. The molecule has 1 atom stereocenters. The molecule has 2 fully saturated rings. The van der Waals surface area contributed by atoms with Crippen LogP contribution in [-0.4, -0.2) is 40.7 Å². The molecule has 0 bridgehead atoms. The number of hydrogen-bond acceptors (Lipinski definition) is 3. The van der Waals surface area contributed by atoms with Crippen LogP contribution in [0.5, 0.6) is 0 Å². The Morgan fingerprint density at radius 3 is 2.63 bits per heavy atom. The van der Waals surface area contributed by atoms with Crippen molar-refractivity contribution in [3.05, 3.63) is 59.2 Å². The monoisotopic (exact) mass is 405 g/mol. The fraction of sp³-hybridized carbons (Fsp3) is 0.577. The standard InChI is InChI=1S/C26H35N3O/c1-28-16-14-23(15-17-28)30-25-24-10-6-5-9-21(24)13-18-29-19-22(27-26(25)29)12-11-20-7-3-2-4-8-20/h5-6,9-12,19-20,23,25H,2-4,7-8,13-18H2,1H3. The minimum Gasteiger partial charge on any atom is -0.362 e. The van der Waals surface area contributed by atoms with Crippen LogP contribution >= 0.6 is 0 Å². The molecule has 1 aromatic heterocycles. The van der Waals surface area contributed by atoms with E-state index in [-0.39, 0.29) is 6.10 Å². The van der Waals surface area contributed by atoms with E-state index in [9.17, 15) is 0 Å². The molecule has 3 heterocycles. The predicted molar refractivity (Wildman–Crippen MR) is 121 cm³/mol. The highest BCUT2D eigenvalue weighted by atomic mass is 16.5. The number of benzene rings is 1. The van der Waals surface area contributed by atoms with Crippen LogP contribution in [0.15, 0.2) is 36.5 Å². The maximum atomic E-state index is 6.79. The average Bonchev–Trinajstić information content (AvgIpc) is 3.14. The summed E-state index contributed by atoms with van der Waals surface area (Å²) in [6, 6.07) is 8.80. The second-order valence-corrected chi connectivity index (χ2v) is 9.44. The number of nitrogens with zero attached hydrogens (tertiary/aromatic N) is 3. The zero-order chi connectivity index (χ0) is 20.3. The molecule has 1 unspecified atom stereocenters. The lowest BCUT2D eigenvalue weighted by Gasteiger charge is -2.32. The van der Waals surface area contributed by atoms with Crippen LogP contribution in [0.2, 0.25) is 0 Å². The normalized spacial score (nSPS) is 24.0. The van der Waals surface area contributed by atoms with Crippen LogP contribution < -0.4 is 0 Å². The second-order valence-electron chi connectivity index (χ2n) is 9.44. The van der Waals surface area contributed by atoms with Crippen LogP contribution in [-0.2, 0) is 17.7 Å². The van der Waals surface area contributed by atoms with Gasteiger partial charge in [0.15, 0.2) is 0 Å².